The minimum absolute atomic E-state index is 0.188. The molecule has 0 spiro atoms. The predicted octanol–water partition coefficient (Wildman–Crippen LogP) is 4.69. The van der Waals surface area contributed by atoms with Crippen molar-refractivity contribution in [1.82, 2.24) is 0 Å². The first-order valence-corrected chi connectivity index (χ1v) is 7.16. The highest BCUT2D eigenvalue weighted by molar-refractivity contribution is 5.93. The summed E-state index contributed by atoms with van der Waals surface area (Å²) in [7, 11) is 0. The van der Waals surface area contributed by atoms with Crippen molar-refractivity contribution >= 4 is 11.5 Å². The molecule has 0 amide bonds. The van der Waals surface area contributed by atoms with Gasteiger partial charge in [-0.25, -0.2) is 4.79 Å². The van der Waals surface area contributed by atoms with Gasteiger partial charge in [-0.15, -0.1) is 0 Å². The average Bonchev–Trinajstić information content (AvgIpc) is 2.55. The number of allylic oxidation sites excluding steroid dienone is 1. The van der Waals surface area contributed by atoms with E-state index in [2.05, 4.69) is 0 Å². The van der Waals surface area contributed by atoms with Gasteiger partial charge < -0.3 is 10.2 Å². The van der Waals surface area contributed by atoms with E-state index in [1.54, 1.807) is 30.3 Å². The van der Waals surface area contributed by atoms with E-state index in [9.17, 15) is 23.1 Å². The molecule has 0 aliphatic heterocycles. The Kier molecular flexibility index (Phi) is 5.28. The number of aliphatic hydroxyl groups excluding tert-OH is 1. The van der Waals surface area contributed by atoms with Crippen LogP contribution in [0.1, 0.15) is 23.1 Å². The summed E-state index contributed by atoms with van der Waals surface area (Å²) in [6, 6.07) is 13.2. The fourth-order valence-electron chi connectivity index (χ4n) is 2.30. The molecule has 2 aromatic rings. The molecule has 0 unspecified atom stereocenters. The molecule has 0 fully saturated rings. The molecule has 3 nitrogen and oxygen atoms in total. The zero-order chi connectivity index (χ0) is 17.7. The van der Waals surface area contributed by atoms with E-state index in [0.717, 1.165) is 12.1 Å². The summed E-state index contributed by atoms with van der Waals surface area (Å²) in [5, 5.41) is 18.8. The molecule has 2 N–H and O–H groups in total. The molecule has 0 saturated heterocycles. The summed E-state index contributed by atoms with van der Waals surface area (Å²) >= 11 is 0. The van der Waals surface area contributed by atoms with Crippen LogP contribution in [0, 0.1) is 0 Å². The maximum atomic E-state index is 12.5. The van der Waals surface area contributed by atoms with Gasteiger partial charge in [0, 0.05) is 5.57 Å². The van der Waals surface area contributed by atoms with Gasteiger partial charge in [0.05, 0.1) is 5.56 Å². The third-order valence-electron chi connectivity index (χ3n) is 3.56. The molecule has 0 saturated carbocycles. The van der Waals surface area contributed by atoms with Crippen molar-refractivity contribution in [3.05, 3.63) is 77.0 Å². The molecule has 2 rings (SSSR count). The third-order valence-corrected chi connectivity index (χ3v) is 3.56. The molecule has 0 aliphatic rings. The standard InChI is InChI=1S/C18H15F3O3/c19-18(20,21)14-9-6-12(7-10-14)8-11-15(16(22)17(23)24)13-4-2-1-3-5-13/h1-7,9-10,22H,8,11H2,(H,23,24)/b16-15+. The zero-order valence-electron chi connectivity index (χ0n) is 12.5. The number of carboxylic acid groups (broad SMARTS) is 1. The highest BCUT2D eigenvalue weighted by Crippen LogP contribution is 2.30. The Morgan fingerprint density at radius 3 is 2.00 bits per heavy atom. The first-order valence-electron chi connectivity index (χ1n) is 7.16. The topological polar surface area (TPSA) is 57.5 Å². The quantitative estimate of drug-likeness (QED) is 0.615. The maximum Gasteiger partial charge on any atom is 0.416 e. The van der Waals surface area contributed by atoms with Gasteiger partial charge in [0.25, 0.3) is 0 Å². The Hall–Kier alpha value is -2.76. The Bertz CT molecular complexity index is 732. The summed E-state index contributed by atoms with van der Waals surface area (Å²) in [6.45, 7) is 0. The van der Waals surface area contributed by atoms with Crippen LogP contribution in [0.4, 0.5) is 13.2 Å². The molecule has 0 radical (unpaired) electrons. The van der Waals surface area contributed by atoms with E-state index < -0.39 is 23.5 Å². The van der Waals surface area contributed by atoms with Crippen molar-refractivity contribution in [1.29, 1.82) is 0 Å². The second kappa shape index (κ2) is 7.21. The second-order valence-corrected chi connectivity index (χ2v) is 5.19. The lowest BCUT2D eigenvalue weighted by molar-refractivity contribution is -0.137. The highest BCUT2D eigenvalue weighted by atomic mass is 19.4. The van der Waals surface area contributed by atoms with Crippen LogP contribution in [0.5, 0.6) is 0 Å². The van der Waals surface area contributed by atoms with Crippen LogP contribution in [0.15, 0.2) is 60.4 Å². The second-order valence-electron chi connectivity index (χ2n) is 5.19. The first-order chi connectivity index (χ1) is 11.3. The van der Waals surface area contributed by atoms with Gasteiger partial charge in [0.15, 0.2) is 0 Å². The van der Waals surface area contributed by atoms with E-state index in [4.69, 9.17) is 5.11 Å². The smallest absolute Gasteiger partial charge is 0.416 e. The fraction of sp³-hybridized carbons (Fsp3) is 0.167. The van der Waals surface area contributed by atoms with Crippen LogP contribution in [0.3, 0.4) is 0 Å². The number of aliphatic carboxylic acids is 1. The van der Waals surface area contributed by atoms with Crippen LogP contribution in [-0.4, -0.2) is 16.2 Å². The largest absolute Gasteiger partial charge is 0.502 e. The molecule has 6 heteroatoms. The van der Waals surface area contributed by atoms with Crippen molar-refractivity contribution in [3.63, 3.8) is 0 Å². The summed E-state index contributed by atoms with van der Waals surface area (Å²) in [5.41, 5.74) is 0.681. The number of rotatable bonds is 5. The number of carbonyl (C=O) groups is 1. The van der Waals surface area contributed by atoms with Crippen LogP contribution in [0.2, 0.25) is 0 Å². The van der Waals surface area contributed by atoms with E-state index in [0.29, 0.717) is 17.5 Å². The molecule has 0 heterocycles. The van der Waals surface area contributed by atoms with Crippen molar-refractivity contribution in [3.8, 4) is 0 Å². The van der Waals surface area contributed by atoms with E-state index in [1.165, 1.54) is 12.1 Å². The van der Waals surface area contributed by atoms with Crippen LogP contribution in [-0.2, 0) is 17.4 Å². The minimum Gasteiger partial charge on any atom is -0.502 e. The van der Waals surface area contributed by atoms with Crippen LogP contribution >= 0.6 is 0 Å². The van der Waals surface area contributed by atoms with Crippen molar-refractivity contribution in [2.45, 2.75) is 19.0 Å². The van der Waals surface area contributed by atoms with Gasteiger partial charge in [0.1, 0.15) is 0 Å². The molecular formula is C18H15F3O3. The monoisotopic (exact) mass is 336 g/mol. The van der Waals surface area contributed by atoms with Crippen molar-refractivity contribution < 1.29 is 28.2 Å². The Labute approximate surface area is 136 Å². The van der Waals surface area contributed by atoms with Gasteiger partial charge in [-0.05, 0) is 36.1 Å². The molecule has 24 heavy (non-hydrogen) atoms. The van der Waals surface area contributed by atoms with Crippen molar-refractivity contribution in [2.75, 3.05) is 0 Å². The SMILES string of the molecule is O=C(O)/C(O)=C(/CCc1ccc(C(F)(F)F)cc1)c1ccccc1. The predicted molar refractivity (Wildman–Crippen MR) is 83.4 cm³/mol. The van der Waals surface area contributed by atoms with Gasteiger partial charge in [-0.1, -0.05) is 42.5 Å². The molecule has 0 aliphatic carbocycles. The Balaban J connectivity index is 2.20. The molecular weight excluding hydrogens is 321 g/mol. The number of halogens is 3. The molecule has 0 atom stereocenters. The summed E-state index contributed by atoms with van der Waals surface area (Å²) in [6.07, 6.45) is -3.90. The van der Waals surface area contributed by atoms with Gasteiger partial charge in [-0.3, -0.25) is 0 Å². The Morgan fingerprint density at radius 2 is 1.50 bits per heavy atom. The number of hydrogen-bond donors (Lipinski definition) is 2. The Morgan fingerprint density at radius 1 is 0.917 bits per heavy atom. The van der Waals surface area contributed by atoms with Gasteiger partial charge >= 0.3 is 12.1 Å². The number of aliphatic hydroxyl groups is 1. The first kappa shape index (κ1) is 17.6. The van der Waals surface area contributed by atoms with Gasteiger partial charge in [-0.2, -0.15) is 13.2 Å². The summed E-state index contributed by atoms with van der Waals surface area (Å²) < 4.78 is 37.6. The number of carboxylic acids is 1. The molecule has 0 aromatic heterocycles. The number of aryl methyl sites for hydroxylation is 1. The summed E-state index contributed by atoms with van der Waals surface area (Å²) in [4.78, 5) is 11.0. The normalized spacial score (nSPS) is 12.6. The molecule has 0 bridgehead atoms. The number of benzene rings is 2. The number of alkyl halides is 3. The minimum atomic E-state index is -4.39. The van der Waals surface area contributed by atoms with Crippen molar-refractivity contribution in [2.24, 2.45) is 0 Å². The number of hydrogen-bond acceptors (Lipinski definition) is 2. The third kappa shape index (κ3) is 4.38. The highest BCUT2D eigenvalue weighted by Gasteiger charge is 2.29. The van der Waals surface area contributed by atoms with E-state index in [-0.39, 0.29) is 12.0 Å². The fourth-order valence-corrected chi connectivity index (χ4v) is 2.30. The average molecular weight is 336 g/mol. The van der Waals surface area contributed by atoms with Crippen LogP contribution in [0.25, 0.3) is 5.57 Å². The summed E-state index contributed by atoms with van der Waals surface area (Å²) in [5.74, 6) is -2.20. The maximum absolute atomic E-state index is 12.5. The lowest BCUT2D eigenvalue weighted by Gasteiger charge is -2.11. The van der Waals surface area contributed by atoms with E-state index in [1.807, 2.05) is 0 Å². The van der Waals surface area contributed by atoms with E-state index >= 15 is 0 Å². The van der Waals surface area contributed by atoms with Gasteiger partial charge in [0.2, 0.25) is 5.76 Å². The zero-order valence-corrected chi connectivity index (χ0v) is 12.5. The molecule has 126 valence electrons. The molecule has 2 aromatic carbocycles. The lowest BCUT2D eigenvalue weighted by Crippen LogP contribution is -2.05. The van der Waals surface area contributed by atoms with Crippen LogP contribution < -0.4 is 0 Å². The lowest BCUT2D eigenvalue weighted by atomic mass is 9.96.